The largest absolute Gasteiger partial charge is 0.479 e. The number of rotatable bonds is 5. The number of esters is 1. The van der Waals surface area contributed by atoms with Crippen molar-refractivity contribution in [3.63, 3.8) is 0 Å². The summed E-state index contributed by atoms with van der Waals surface area (Å²) in [6.07, 6.45) is -0.120. The molecule has 0 radical (unpaired) electrons. The van der Waals surface area contributed by atoms with Gasteiger partial charge in [0, 0.05) is 0 Å². The third-order valence-electron chi connectivity index (χ3n) is 0.964. The first-order valence-electron chi connectivity index (χ1n) is 3.62. The Morgan fingerprint density at radius 1 is 1.50 bits per heavy atom. The van der Waals surface area contributed by atoms with Crippen LogP contribution in [0.1, 0.15) is 13.3 Å². The summed E-state index contributed by atoms with van der Waals surface area (Å²) in [5.41, 5.74) is 0. The van der Waals surface area contributed by atoms with E-state index < -0.39 is 5.97 Å². The van der Waals surface area contributed by atoms with Gasteiger partial charge in [0.25, 0.3) is 0 Å². The summed E-state index contributed by atoms with van der Waals surface area (Å²) >= 11 is 5.31. The molecule has 4 nitrogen and oxygen atoms in total. The number of carbonyl (C=O) groups excluding carboxylic acids is 1. The molecule has 1 N–H and O–H groups in total. The molecule has 0 unspecified atom stereocenters. The number of ether oxygens (including phenoxy) is 2. The average Bonchev–Trinajstić information content (AvgIpc) is 2.01. The van der Waals surface area contributed by atoms with Gasteiger partial charge >= 0.3 is 5.97 Å². The van der Waals surface area contributed by atoms with Crippen molar-refractivity contribution >= 4 is 23.5 Å². The second kappa shape index (κ2) is 6.91. The van der Waals surface area contributed by atoms with Gasteiger partial charge in [-0.05, 0) is 6.92 Å². The average molecular weight is 194 g/mol. The minimum absolute atomic E-state index is 0.103. The molecule has 0 saturated carbocycles. The molecule has 0 spiro atoms. The van der Waals surface area contributed by atoms with Crippen molar-refractivity contribution in [1.82, 2.24) is 0 Å². The molecular formula is C7H12ClNO3. The lowest BCUT2D eigenvalue weighted by molar-refractivity contribution is -0.141. The summed E-state index contributed by atoms with van der Waals surface area (Å²) in [5.74, 6) is -0.239. The van der Waals surface area contributed by atoms with Crippen LogP contribution in [0.25, 0.3) is 0 Å². The van der Waals surface area contributed by atoms with Crippen LogP contribution in [0.5, 0.6) is 0 Å². The van der Waals surface area contributed by atoms with Crippen LogP contribution >= 0.6 is 11.6 Å². The Kier molecular flexibility index (Phi) is 6.47. The highest BCUT2D eigenvalue weighted by Gasteiger charge is 2.06. The van der Waals surface area contributed by atoms with Crippen molar-refractivity contribution in [1.29, 1.82) is 5.41 Å². The third-order valence-corrected chi connectivity index (χ3v) is 1.12. The Labute approximate surface area is 76.3 Å². The summed E-state index contributed by atoms with van der Waals surface area (Å²) in [6.45, 7) is 2.28. The lowest BCUT2D eigenvalue weighted by atomic mass is 10.4. The van der Waals surface area contributed by atoms with Gasteiger partial charge in [0.15, 0.2) is 5.90 Å². The molecule has 0 atom stereocenters. The normalized spacial score (nSPS) is 9.17. The Morgan fingerprint density at radius 2 is 2.17 bits per heavy atom. The molecule has 0 aliphatic heterocycles. The lowest BCUT2D eigenvalue weighted by Crippen LogP contribution is -2.14. The molecule has 5 heteroatoms. The smallest absolute Gasteiger partial charge is 0.315 e. The van der Waals surface area contributed by atoms with Crippen LogP contribution in [-0.4, -0.2) is 31.0 Å². The molecule has 0 amide bonds. The van der Waals surface area contributed by atoms with E-state index in [2.05, 4.69) is 4.74 Å². The topological polar surface area (TPSA) is 59.4 Å². The van der Waals surface area contributed by atoms with Crippen LogP contribution < -0.4 is 0 Å². The fraction of sp³-hybridized carbons (Fsp3) is 0.714. The molecule has 0 fully saturated rings. The van der Waals surface area contributed by atoms with Crippen molar-refractivity contribution in [3.8, 4) is 0 Å². The minimum Gasteiger partial charge on any atom is -0.479 e. The number of carbonyl (C=O) groups is 1. The maximum absolute atomic E-state index is 10.7. The van der Waals surface area contributed by atoms with E-state index in [0.29, 0.717) is 12.5 Å². The lowest BCUT2D eigenvalue weighted by Gasteiger charge is -2.04. The van der Waals surface area contributed by atoms with Crippen molar-refractivity contribution in [2.75, 3.05) is 19.1 Å². The molecular weight excluding hydrogens is 182 g/mol. The molecule has 0 aromatic rings. The van der Waals surface area contributed by atoms with Gasteiger partial charge in [-0.3, -0.25) is 10.2 Å². The zero-order valence-electron chi connectivity index (χ0n) is 6.93. The van der Waals surface area contributed by atoms with Gasteiger partial charge < -0.3 is 9.47 Å². The van der Waals surface area contributed by atoms with E-state index in [0.717, 1.165) is 0 Å². The van der Waals surface area contributed by atoms with Gasteiger partial charge in [-0.15, -0.1) is 11.6 Å². The van der Waals surface area contributed by atoms with E-state index in [1.165, 1.54) is 0 Å². The predicted octanol–water partition coefficient (Wildman–Crippen LogP) is 1.17. The third kappa shape index (κ3) is 5.97. The molecule has 0 aliphatic carbocycles. The molecule has 0 bridgehead atoms. The Balaban J connectivity index is 3.47. The molecule has 0 aromatic carbocycles. The summed E-state index contributed by atoms with van der Waals surface area (Å²) in [4.78, 5) is 10.7. The monoisotopic (exact) mass is 193 g/mol. The van der Waals surface area contributed by atoms with E-state index in [-0.39, 0.29) is 18.9 Å². The first-order valence-corrected chi connectivity index (χ1v) is 4.16. The van der Waals surface area contributed by atoms with E-state index in [1.807, 2.05) is 0 Å². The highest BCUT2D eigenvalue weighted by Crippen LogP contribution is 1.91. The molecule has 0 aromatic heterocycles. The maximum atomic E-state index is 10.7. The fourth-order valence-corrected chi connectivity index (χ4v) is 0.633. The fourth-order valence-electron chi connectivity index (χ4n) is 0.556. The standard InChI is InChI=1S/C7H12ClNO3/c1-2-11-7(10)5-6(9)12-4-3-8/h9H,2-5H2,1H3. The van der Waals surface area contributed by atoms with Crippen LogP contribution in [0.15, 0.2) is 0 Å². The van der Waals surface area contributed by atoms with Gasteiger partial charge in [0.1, 0.15) is 13.0 Å². The van der Waals surface area contributed by atoms with E-state index in [4.69, 9.17) is 21.7 Å². The molecule has 70 valence electrons. The number of alkyl halides is 1. The number of hydrogen-bond acceptors (Lipinski definition) is 4. The zero-order valence-corrected chi connectivity index (χ0v) is 7.69. The van der Waals surface area contributed by atoms with Gasteiger partial charge in [0.2, 0.25) is 0 Å². The van der Waals surface area contributed by atoms with E-state index in [1.54, 1.807) is 6.92 Å². The second-order valence-corrected chi connectivity index (χ2v) is 2.32. The highest BCUT2D eigenvalue weighted by molar-refractivity contribution is 6.18. The SMILES string of the molecule is CCOC(=O)CC(=N)OCCCl. The van der Waals surface area contributed by atoms with Gasteiger partial charge in [-0.25, -0.2) is 0 Å². The molecule has 0 aliphatic rings. The Bertz CT molecular complexity index is 161. The summed E-state index contributed by atoms with van der Waals surface area (Å²) in [6, 6.07) is 0. The van der Waals surface area contributed by atoms with E-state index >= 15 is 0 Å². The van der Waals surface area contributed by atoms with Crippen molar-refractivity contribution < 1.29 is 14.3 Å². The zero-order chi connectivity index (χ0) is 9.40. The van der Waals surface area contributed by atoms with E-state index in [9.17, 15) is 4.79 Å². The Hall–Kier alpha value is -0.770. The number of nitrogens with one attached hydrogen (secondary N) is 1. The van der Waals surface area contributed by atoms with Gasteiger partial charge in [-0.2, -0.15) is 0 Å². The predicted molar refractivity (Wildman–Crippen MR) is 45.6 cm³/mol. The van der Waals surface area contributed by atoms with Gasteiger partial charge in [-0.1, -0.05) is 0 Å². The minimum atomic E-state index is -0.447. The second-order valence-electron chi connectivity index (χ2n) is 1.94. The number of hydrogen-bond donors (Lipinski definition) is 1. The summed E-state index contributed by atoms with van der Waals surface area (Å²) < 4.78 is 9.36. The quantitative estimate of drug-likeness (QED) is 0.309. The van der Waals surface area contributed by atoms with Crippen LogP contribution in [-0.2, 0) is 14.3 Å². The van der Waals surface area contributed by atoms with Crippen LogP contribution in [0.4, 0.5) is 0 Å². The molecule has 12 heavy (non-hydrogen) atoms. The summed E-state index contributed by atoms with van der Waals surface area (Å²) in [5, 5.41) is 7.12. The van der Waals surface area contributed by atoms with Crippen molar-refractivity contribution in [2.45, 2.75) is 13.3 Å². The number of halogens is 1. The Morgan fingerprint density at radius 3 is 2.67 bits per heavy atom. The van der Waals surface area contributed by atoms with Crippen molar-refractivity contribution in [2.24, 2.45) is 0 Å². The molecule has 0 saturated heterocycles. The maximum Gasteiger partial charge on any atom is 0.315 e. The summed E-state index contributed by atoms with van der Waals surface area (Å²) in [7, 11) is 0. The van der Waals surface area contributed by atoms with Gasteiger partial charge in [0.05, 0.1) is 12.5 Å². The van der Waals surface area contributed by atoms with Crippen LogP contribution in [0.2, 0.25) is 0 Å². The molecule has 0 heterocycles. The highest BCUT2D eigenvalue weighted by atomic mass is 35.5. The van der Waals surface area contributed by atoms with Crippen molar-refractivity contribution in [3.05, 3.63) is 0 Å². The first-order chi connectivity index (χ1) is 5.70. The van der Waals surface area contributed by atoms with Crippen LogP contribution in [0.3, 0.4) is 0 Å². The van der Waals surface area contributed by atoms with Crippen LogP contribution in [0, 0.1) is 5.41 Å². The first kappa shape index (κ1) is 11.2. The molecule has 0 rings (SSSR count).